The molecule has 1 N–H and O–H groups in total. The van der Waals surface area contributed by atoms with Crippen LogP contribution in [0.25, 0.3) is 11.1 Å². The second-order valence-electron chi connectivity index (χ2n) is 5.25. The summed E-state index contributed by atoms with van der Waals surface area (Å²) in [5.41, 5.74) is 2.37. The van der Waals surface area contributed by atoms with E-state index in [-0.39, 0.29) is 40.4 Å². The Bertz CT molecular complexity index is 708. The molecule has 6 heteroatoms. The van der Waals surface area contributed by atoms with E-state index >= 15 is 0 Å². The Hall–Kier alpha value is -0.430. The third kappa shape index (κ3) is 3.86. The molecule has 21 heavy (non-hydrogen) atoms. The van der Waals surface area contributed by atoms with Gasteiger partial charge in [-0.2, -0.15) is 0 Å². The molecule has 0 aliphatic heterocycles. The van der Waals surface area contributed by atoms with E-state index in [9.17, 15) is 18.1 Å². The van der Waals surface area contributed by atoms with Gasteiger partial charge in [0.05, 0.1) is 11.0 Å². The van der Waals surface area contributed by atoms with Crippen LogP contribution in [0.1, 0.15) is 43.9 Å². The fourth-order valence-electron chi connectivity index (χ4n) is 2.30. The van der Waals surface area contributed by atoms with Crippen LogP contribution in [-0.2, 0) is 10.1 Å². The smallest absolute Gasteiger partial charge is 0.744 e. The van der Waals surface area contributed by atoms with Gasteiger partial charge in [-0.15, -0.1) is 0 Å². The Kier molecular flexibility index (Phi) is 6.00. The summed E-state index contributed by atoms with van der Waals surface area (Å²) >= 11 is 0. The summed E-state index contributed by atoms with van der Waals surface area (Å²) in [6, 6.07) is 8.43. The zero-order valence-electron chi connectivity index (χ0n) is 12.6. The van der Waals surface area contributed by atoms with Gasteiger partial charge >= 0.3 is 29.6 Å². The topological polar surface area (TPSA) is 77.4 Å². The van der Waals surface area contributed by atoms with Crippen LogP contribution in [0.5, 0.6) is 0 Å². The normalized spacial score (nSPS) is 13.2. The maximum absolute atomic E-state index is 11.4. The van der Waals surface area contributed by atoms with Crippen molar-refractivity contribution in [3.8, 4) is 11.1 Å². The number of aliphatic hydroxyl groups excluding tert-OH is 1. The van der Waals surface area contributed by atoms with Gasteiger partial charge < -0.3 is 9.66 Å². The molecule has 0 amide bonds. The average Bonchev–Trinajstić information content (AvgIpc) is 2.53. The van der Waals surface area contributed by atoms with Gasteiger partial charge in [0, 0.05) is 0 Å². The Morgan fingerprint density at radius 2 is 1.71 bits per heavy atom. The van der Waals surface area contributed by atoms with Crippen molar-refractivity contribution in [1.29, 1.82) is 0 Å². The molecule has 2 aliphatic rings. The summed E-state index contributed by atoms with van der Waals surface area (Å²) < 4.78 is 34.3. The first-order valence-electron chi connectivity index (χ1n) is 6.42. The van der Waals surface area contributed by atoms with E-state index < -0.39 is 16.2 Å². The molecule has 1 unspecified atom stereocenters. The second kappa shape index (κ2) is 6.77. The van der Waals surface area contributed by atoms with E-state index in [4.69, 9.17) is 0 Å². The zero-order valence-corrected chi connectivity index (χ0v) is 15.4. The van der Waals surface area contributed by atoms with Gasteiger partial charge in [-0.25, -0.2) is 8.42 Å². The number of aliphatic hydroxyl groups is 1. The molecule has 0 spiro atoms. The summed E-state index contributed by atoms with van der Waals surface area (Å²) in [7, 11) is -4.58. The quantitative estimate of drug-likeness (QED) is 0.632. The van der Waals surface area contributed by atoms with E-state index in [1.54, 1.807) is 19.1 Å². The van der Waals surface area contributed by atoms with Crippen LogP contribution in [0.3, 0.4) is 0 Å². The molecule has 0 radical (unpaired) electrons. The molecule has 0 saturated carbocycles. The third-order valence-electron chi connectivity index (χ3n) is 3.40. The van der Waals surface area contributed by atoms with Crippen molar-refractivity contribution in [2.45, 2.75) is 37.7 Å². The molecule has 0 aromatic carbocycles. The Labute approximate surface area is 147 Å². The summed E-state index contributed by atoms with van der Waals surface area (Å²) in [5, 5.41) is 9.76. The first-order chi connectivity index (χ1) is 9.21. The molecule has 2 rings (SSSR count). The minimum atomic E-state index is -4.58. The molecule has 108 valence electrons. The summed E-state index contributed by atoms with van der Waals surface area (Å²) in [5.74, 6) is 0.206. The molecule has 4 nitrogen and oxygen atoms in total. The van der Waals surface area contributed by atoms with Crippen molar-refractivity contribution >= 4 is 10.1 Å². The molecule has 0 aromatic rings. The van der Waals surface area contributed by atoms with Gasteiger partial charge in [0.1, 0.15) is 10.1 Å². The van der Waals surface area contributed by atoms with Crippen molar-refractivity contribution in [2.75, 3.05) is 0 Å². The van der Waals surface area contributed by atoms with Crippen molar-refractivity contribution in [2.24, 2.45) is 0 Å². The second-order valence-corrected chi connectivity index (χ2v) is 6.59. The first-order valence-corrected chi connectivity index (χ1v) is 7.83. The fraction of sp³-hybridized carbons (Fsp3) is 0.333. The van der Waals surface area contributed by atoms with Crippen molar-refractivity contribution in [3.63, 3.8) is 0 Å². The minimum Gasteiger partial charge on any atom is -0.744 e. The van der Waals surface area contributed by atoms with Gasteiger partial charge in [-0.1, -0.05) is 32.0 Å². The molecule has 0 aromatic heterocycles. The molecule has 0 fully saturated rings. The van der Waals surface area contributed by atoms with Gasteiger partial charge in [0.15, 0.2) is 0 Å². The molecular weight excluding hydrogens is 299 g/mol. The predicted octanol–water partition coefficient (Wildman–Crippen LogP) is -0.124. The van der Waals surface area contributed by atoms with Crippen LogP contribution in [0.15, 0.2) is 35.2 Å². The van der Waals surface area contributed by atoms with Gasteiger partial charge in [0.2, 0.25) is 0 Å². The van der Waals surface area contributed by atoms with Crippen LogP contribution in [0.2, 0.25) is 0 Å². The van der Waals surface area contributed by atoms with Gasteiger partial charge in [0.25, 0.3) is 0 Å². The van der Waals surface area contributed by atoms with Crippen LogP contribution in [-0.4, -0.2) is 18.1 Å². The van der Waals surface area contributed by atoms with E-state index in [0.29, 0.717) is 16.7 Å². The summed E-state index contributed by atoms with van der Waals surface area (Å²) in [4.78, 5) is -0.262. The van der Waals surface area contributed by atoms with E-state index in [2.05, 4.69) is 0 Å². The van der Waals surface area contributed by atoms with Crippen molar-refractivity contribution in [3.05, 3.63) is 41.5 Å². The maximum Gasteiger partial charge on any atom is 1.00 e. The SMILES string of the molecule is CC(C)c1cccc2c(C(C)O)cc(S(=O)(=O)[O-])c-2c1.[Na+]. The Morgan fingerprint density at radius 3 is 2.19 bits per heavy atom. The first kappa shape index (κ1) is 18.6. The summed E-state index contributed by atoms with van der Waals surface area (Å²) in [6.45, 7) is 5.53. The average molecular weight is 316 g/mol. The molecule has 0 saturated heterocycles. The van der Waals surface area contributed by atoms with E-state index in [1.807, 2.05) is 26.0 Å². The monoisotopic (exact) mass is 316 g/mol. The molecule has 1 atom stereocenters. The van der Waals surface area contributed by atoms with Gasteiger partial charge in [-0.3, -0.25) is 0 Å². The van der Waals surface area contributed by atoms with Crippen molar-refractivity contribution in [1.82, 2.24) is 0 Å². The summed E-state index contributed by atoms with van der Waals surface area (Å²) in [6.07, 6.45) is -0.835. The molecular formula is C15H17NaO4S. The van der Waals surface area contributed by atoms with Crippen LogP contribution in [0, 0.1) is 0 Å². The predicted molar refractivity (Wildman–Crippen MR) is 75.8 cm³/mol. The molecule has 2 aliphatic carbocycles. The van der Waals surface area contributed by atoms with Gasteiger partial charge in [-0.05, 0) is 47.2 Å². The number of hydrogen-bond acceptors (Lipinski definition) is 4. The Morgan fingerprint density at radius 1 is 1.10 bits per heavy atom. The molecule has 0 bridgehead atoms. The maximum atomic E-state index is 11.4. The zero-order chi connectivity index (χ0) is 15.1. The van der Waals surface area contributed by atoms with Crippen molar-refractivity contribution < 1.29 is 47.6 Å². The Balaban J connectivity index is 0.00000220. The van der Waals surface area contributed by atoms with Crippen LogP contribution >= 0.6 is 0 Å². The van der Waals surface area contributed by atoms with Crippen LogP contribution in [0.4, 0.5) is 0 Å². The fourth-order valence-corrected chi connectivity index (χ4v) is 3.01. The van der Waals surface area contributed by atoms with Crippen LogP contribution < -0.4 is 29.6 Å². The number of rotatable bonds is 3. The number of hydrogen-bond donors (Lipinski definition) is 1. The third-order valence-corrected chi connectivity index (χ3v) is 4.28. The number of fused-ring (bicyclic) bond motifs is 1. The molecule has 0 heterocycles. The van der Waals surface area contributed by atoms with E-state index in [1.165, 1.54) is 6.07 Å². The van der Waals surface area contributed by atoms with E-state index in [0.717, 1.165) is 5.56 Å². The minimum absolute atomic E-state index is 0. The standard InChI is InChI=1S/C15H18O4S.Na/c1-9(2)11-5-4-6-12-13(10(3)16)8-15(14(12)7-11)20(17,18)19;/h4-10,16H,1-3H3,(H,17,18,19);/q;+1/p-1. The largest absolute Gasteiger partial charge is 1.00 e.